The zero-order valence-electron chi connectivity index (χ0n) is 10.8. The molecule has 0 aromatic heterocycles. The molecule has 1 nitrogen and oxygen atoms in total. The number of halogens is 2. The van der Waals surface area contributed by atoms with E-state index in [0.717, 1.165) is 19.4 Å². The highest BCUT2D eigenvalue weighted by molar-refractivity contribution is 4.66. The molecule has 0 aliphatic heterocycles. The zero-order valence-corrected chi connectivity index (χ0v) is 10.8. The third-order valence-corrected chi connectivity index (χ3v) is 2.86. The lowest BCUT2D eigenvalue weighted by Gasteiger charge is -2.14. The van der Waals surface area contributed by atoms with Gasteiger partial charge in [-0.1, -0.05) is 52.4 Å². The normalized spacial score (nSPS) is 12.0. The summed E-state index contributed by atoms with van der Waals surface area (Å²) >= 11 is 0. The SMILES string of the molecule is CCCCCCCCCNCC(F)(F)CC. The first-order valence-corrected chi connectivity index (χ1v) is 6.71. The molecule has 0 aliphatic carbocycles. The maximum absolute atomic E-state index is 12.8. The second-order valence-electron chi connectivity index (χ2n) is 4.51. The van der Waals surface area contributed by atoms with Crippen molar-refractivity contribution in [1.82, 2.24) is 5.32 Å². The number of hydrogen-bond donors (Lipinski definition) is 1. The van der Waals surface area contributed by atoms with Crippen molar-refractivity contribution < 1.29 is 8.78 Å². The van der Waals surface area contributed by atoms with E-state index in [2.05, 4.69) is 12.2 Å². The summed E-state index contributed by atoms with van der Waals surface area (Å²) in [6, 6.07) is 0. The van der Waals surface area contributed by atoms with Crippen LogP contribution in [-0.2, 0) is 0 Å². The highest BCUT2D eigenvalue weighted by Gasteiger charge is 2.24. The Morgan fingerprint density at radius 2 is 1.44 bits per heavy atom. The molecular weight excluding hydrogens is 208 g/mol. The molecule has 0 aromatic carbocycles. The fourth-order valence-electron chi connectivity index (χ4n) is 1.60. The number of nitrogens with one attached hydrogen (secondary N) is 1. The van der Waals surface area contributed by atoms with Crippen LogP contribution >= 0.6 is 0 Å². The van der Waals surface area contributed by atoms with Crippen LogP contribution in [0.4, 0.5) is 8.78 Å². The largest absolute Gasteiger partial charge is 0.311 e. The first-order chi connectivity index (χ1) is 7.62. The van der Waals surface area contributed by atoms with Gasteiger partial charge in [0.25, 0.3) is 5.92 Å². The second kappa shape index (κ2) is 10.0. The summed E-state index contributed by atoms with van der Waals surface area (Å²) in [7, 11) is 0. The van der Waals surface area contributed by atoms with Gasteiger partial charge < -0.3 is 5.32 Å². The molecule has 1 N–H and O–H groups in total. The molecule has 0 saturated carbocycles. The molecule has 0 fully saturated rings. The quantitative estimate of drug-likeness (QED) is 0.524. The molecule has 0 spiro atoms. The van der Waals surface area contributed by atoms with Crippen molar-refractivity contribution in [1.29, 1.82) is 0 Å². The van der Waals surface area contributed by atoms with Crippen LogP contribution in [0.3, 0.4) is 0 Å². The Kier molecular flexibility index (Phi) is 9.89. The van der Waals surface area contributed by atoms with Crippen LogP contribution in [0.15, 0.2) is 0 Å². The monoisotopic (exact) mass is 235 g/mol. The highest BCUT2D eigenvalue weighted by atomic mass is 19.3. The van der Waals surface area contributed by atoms with E-state index >= 15 is 0 Å². The molecule has 0 bridgehead atoms. The third kappa shape index (κ3) is 10.3. The molecular formula is C13H27F2N. The summed E-state index contributed by atoms with van der Waals surface area (Å²) < 4.78 is 25.6. The van der Waals surface area contributed by atoms with Gasteiger partial charge in [-0.2, -0.15) is 0 Å². The first kappa shape index (κ1) is 15.8. The molecule has 0 rings (SSSR count). The predicted molar refractivity (Wildman–Crippen MR) is 66.1 cm³/mol. The number of unbranched alkanes of at least 4 members (excludes halogenated alkanes) is 6. The molecule has 0 aliphatic rings. The number of alkyl halides is 2. The van der Waals surface area contributed by atoms with Crippen molar-refractivity contribution in [3.8, 4) is 0 Å². The van der Waals surface area contributed by atoms with Gasteiger partial charge in [0.2, 0.25) is 0 Å². The van der Waals surface area contributed by atoms with E-state index in [-0.39, 0.29) is 13.0 Å². The van der Waals surface area contributed by atoms with E-state index in [1.54, 1.807) is 0 Å². The van der Waals surface area contributed by atoms with Gasteiger partial charge in [0.15, 0.2) is 0 Å². The second-order valence-corrected chi connectivity index (χ2v) is 4.51. The highest BCUT2D eigenvalue weighted by Crippen LogP contribution is 2.15. The summed E-state index contributed by atoms with van der Waals surface area (Å²) in [5, 5.41) is 2.83. The summed E-state index contributed by atoms with van der Waals surface area (Å²) in [5.74, 6) is -2.53. The average molecular weight is 235 g/mol. The minimum Gasteiger partial charge on any atom is -0.311 e. The van der Waals surface area contributed by atoms with Crippen LogP contribution < -0.4 is 5.32 Å². The van der Waals surface area contributed by atoms with Gasteiger partial charge in [0.05, 0.1) is 6.54 Å². The van der Waals surface area contributed by atoms with Crippen molar-refractivity contribution >= 4 is 0 Å². The number of hydrogen-bond acceptors (Lipinski definition) is 1. The van der Waals surface area contributed by atoms with Crippen LogP contribution in [0.5, 0.6) is 0 Å². The van der Waals surface area contributed by atoms with Gasteiger partial charge in [0, 0.05) is 6.42 Å². The summed E-state index contributed by atoms with van der Waals surface area (Å²) in [6.45, 7) is 4.29. The lowest BCUT2D eigenvalue weighted by Crippen LogP contribution is -2.32. The van der Waals surface area contributed by atoms with Gasteiger partial charge in [-0.15, -0.1) is 0 Å². The molecule has 0 atom stereocenters. The molecule has 0 heterocycles. The topological polar surface area (TPSA) is 12.0 Å². The fraction of sp³-hybridized carbons (Fsp3) is 1.00. The standard InChI is InChI=1S/C13H27F2N/c1-3-5-6-7-8-9-10-11-16-12-13(14,15)4-2/h16H,3-12H2,1-2H3. The Hall–Kier alpha value is -0.180. The smallest absolute Gasteiger partial charge is 0.260 e. The minimum atomic E-state index is -2.53. The lowest BCUT2D eigenvalue weighted by atomic mass is 10.1. The van der Waals surface area contributed by atoms with E-state index in [0.29, 0.717) is 0 Å². The van der Waals surface area contributed by atoms with E-state index < -0.39 is 5.92 Å². The Bertz CT molecular complexity index is 149. The minimum absolute atomic E-state index is 0.0724. The molecule has 0 amide bonds. The van der Waals surface area contributed by atoms with Crippen molar-refractivity contribution in [3.63, 3.8) is 0 Å². The third-order valence-electron chi connectivity index (χ3n) is 2.86. The molecule has 0 radical (unpaired) electrons. The molecule has 16 heavy (non-hydrogen) atoms. The van der Waals surface area contributed by atoms with Crippen LogP contribution in [0, 0.1) is 0 Å². The van der Waals surface area contributed by atoms with Gasteiger partial charge in [0.1, 0.15) is 0 Å². The molecule has 0 saturated heterocycles. The van der Waals surface area contributed by atoms with Crippen LogP contribution in [0.2, 0.25) is 0 Å². The first-order valence-electron chi connectivity index (χ1n) is 6.71. The van der Waals surface area contributed by atoms with E-state index in [1.165, 1.54) is 39.0 Å². The van der Waals surface area contributed by atoms with E-state index in [9.17, 15) is 8.78 Å². The number of rotatable bonds is 11. The maximum Gasteiger partial charge on any atom is 0.260 e. The Labute approximate surface area is 99.0 Å². The van der Waals surface area contributed by atoms with E-state index in [4.69, 9.17) is 0 Å². The van der Waals surface area contributed by atoms with Gasteiger partial charge in [-0.25, -0.2) is 8.78 Å². The molecule has 0 unspecified atom stereocenters. The van der Waals surface area contributed by atoms with Gasteiger partial charge >= 0.3 is 0 Å². The molecule has 3 heteroatoms. The Morgan fingerprint density at radius 3 is 2.00 bits per heavy atom. The van der Waals surface area contributed by atoms with Crippen LogP contribution in [0.1, 0.15) is 65.2 Å². The lowest BCUT2D eigenvalue weighted by molar-refractivity contribution is -0.00146. The summed E-state index contributed by atoms with van der Waals surface area (Å²) in [5.41, 5.74) is 0. The van der Waals surface area contributed by atoms with Gasteiger partial charge in [-0.05, 0) is 13.0 Å². The van der Waals surface area contributed by atoms with E-state index in [1.807, 2.05) is 0 Å². The zero-order chi connectivity index (χ0) is 12.3. The fourth-order valence-corrected chi connectivity index (χ4v) is 1.60. The maximum atomic E-state index is 12.8. The average Bonchev–Trinajstić information content (AvgIpc) is 2.27. The van der Waals surface area contributed by atoms with Crippen molar-refractivity contribution in [2.24, 2.45) is 0 Å². The van der Waals surface area contributed by atoms with Crippen LogP contribution in [-0.4, -0.2) is 19.0 Å². The Balaban J connectivity index is 3.10. The van der Waals surface area contributed by atoms with Crippen LogP contribution in [0.25, 0.3) is 0 Å². The summed E-state index contributed by atoms with van der Waals surface area (Å²) in [4.78, 5) is 0. The van der Waals surface area contributed by atoms with Gasteiger partial charge in [-0.3, -0.25) is 0 Å². The molecule has 0 aromatic rings. The predicted octanol–water partition coefficient (Wildman–Crippen LogP) is 4.37. The Morgan fingerprint density at radius 1 is 0.875 bits per heavy atom. The van der Waals surface area contributed by atoms with Crippen molar-refractivity contribution in [3.05, 3.63) is 0 Å². The van der Waals surface area contributed by atoms with Crippen molar-refractivity contribution in [2.45, 2.75) is 71.1 Å². The summed E-state index contributed by atoms with van der Waals surface area (Å²) in [6.07, 6.45) is 8.55. The van der Waals surface area contributed by atoms with Crippen molar-refractivity contribution in [2.75, 3.05) is 13.1 Å². The molecule has 98 valence electrons.